The smallest absolute Gasteiger partial charge is 0.225 e. The summed E-state index contributed by atoms with van der Waals surface area (Å²) in [6.45, 7) is 6.29. The number of carbonyl (C=O) groups is 1. The molecule has 0 N–H and O–H groups in total. The summed E-state index contributed by atoms with van der Waals surface area (Å²) < 4.78 is 0. The first kappa shape index (κ1) is 18.5. The number of piperazine rings is 1. The van der Waals surface area contributed by atoms with E-state index in [0.717, 1.165) is 45.0 Å². The number of fused-ring (bicyclic) bond motifs is 2. The van der Waals surface area contributed by atoms with E-state index in [4.69, 9.17) is 9.97 Å². The predicted molar refractivity (Wildman–Crippen MR) is 110 cm³/mol. The molecule has 1 aliphatic carbocycles. The molecule has 0 aromatic carbocycles. The largest absolute Gasteiger partial charge is 0.332 e. The van der Waals surface area contributed by atoms with Gasteiger partial charge in [-0.05, 0) is 77.1 Å². The van der Waals surface area contributed by atoms with Gasteiger partial charge in [0.25, 0.3) is 0 Å². The third-order valence-electron chi connectivity index (χ3n) is 7.76. The maximum absolute atomic E-state index is 11.5. The van der Waals surface area contributed by atoms with Gasteiger partial charge in [-0.15, -0.1) is 0 Å². The second-order valence-corrected chi connectivity index (χ2v) is 9.57. The number of Topliss-reactive ketones (excluding diaryl/α,β-unsaturated/α-hetero) is 1. The topological polar surface area (TPSA) is 52.6 Å². The lowest BCUT2D eigenvalue weighted by Gasteiger charge is -2.45. The van der Waals surface area contributed by atoms with Crippen LogP contribution in [0.15, 0.2) is 12.4 Å². The van der Waals surface area contributed by atoms with Crippen molar-refractivity contribution in [3.63, 3.8) is 0 Å². The zero-order valence-electron chi connectivity index (χ0n) is 17.3. The van der Waals surface area contributed by atoms with Gasteiger partial charge in [-0.2, -0.15) is 0 Å². The van der Waals surface area contributed by atoms with E-state index in [9.17, 15) is 4.79 Å². The molecule has 0 radical (unpaired) electrons. The molecule has 6 heteroatoms. The molecule has 2 unspecified atom stereocenters. The summed E-state index contributed by atoms with van der Waals surface area (Å²) in [7, 11) is 2.23. The van der Waals surface area contributed by atoms with E-state index >= 15 is 0 Å². The van der Waals surface area contributed by atoms with E-state index < -0.39 is 0 Å². The number of anilines is 1. The van der Waals surface area contributed by atoms with Crippen LogP contribution in [0, 0.1) is 5.92 Å². The summed E-state index contributed by atoms with van der Waals surface area (Å²) in [6, 6.07) is 1.81. The van der Waals surface area contributed by atoms with Crippen LogP contribution < -0.4 is 4.90 Å². The number of aromatic nitrogens is 2. The molecule has 28 heavy (non-hydrogen) atoms. The molecule has 2 atom stereocenters. The number of piperidine rings is 1. The maximum atomic E-state index is 11.5. The first-order valence-corrected chi connectivity index (χ1v) is 11.1. The first-order chi connectivity index (χ1) is 13.6. The Kier molecular flexibility index (Phi) is 4.87. The van der Waals surface area contributed by atoms with Crippen molar-refractivity contribution >= 4 is 11.7 Å². The molecule has 2 bridgehead atoms. The van der Waals surface area contributed by atoms with Gasteiger partial charge >= 0.3 is 0 Å². The van der Waals surface area contributed by atoms with Crippen molar-refractivity contribution < 1.29 is 4.79 Å². The lowest BCUT2D eigenvalue weighted by atomic mass is 9.76. The van der Waals surface area contributed by atoms with Crippen LogP contribution >= 0.6 is 0 Å². The van der Waals surface area contributed by atoms with Crippen LogP contribution in [0.3, 0.4) is 0 Å². The summed E-state index contributed by atoms with van der Waals surface area (Å²) in [5.74, 6) is 2.22. The Bertz CT molecular complexity index is 694. The predicted octanol–water partition coefficient (Wildman–Crippen LogP) is 2.31. The van der Waals surface area contributed by atoms with E-state index in [2.05, 4.69) is 34.1 Å². The van der Waals surface area contributed by atoms with E-state index in [-0.39, 0.29) is 0 Å². The summed E-state index contributed by atoms with van der Waals surface area (Å²) in [5, 5.41) is 0. The first-order valence-electron chi connectivity index (χ1n) is 11.1. The molecule has 4 heterocycles. The Balaban J connectivity index is 1.17. The van der Waals surface area contributed by atoms with E-state index in [0.29, 0.717) is 35.7 Å². The molecule has 1 saturated carbocycles. The fourth-order valence-corrected chi connectivity index (χ4v) is 5.93. The molecule has 0 spiro atoms. The van der Waals surface area contributed by atoms with E-state index in [1.807, 2.05) is 0 Å². The Morgan fingerprint density at radius 2 is 1.57 bits per heavy atom. The van der Waals surface area contributed by atoms with Crippen molar-refractivity contribution in [2.45, 2.75) is 69.5 Å². The molecule has 3 saturated heterocycles. The Hall–Kier alpha value is -1.53. The van der Waals surface area contributed by atoms with Crippen LogP contribution in [-0.4, -0.2) is 76.9 Å². The quantitative estimate of drug-likeness (QED) is 0.795. The summed E-state index contributed by atoms with van der Waals surface area (Å²) in [6.07, 6.45) is 11.2. The number of hydrogen-bond donors (Lipinski definition) is 0. The Labute approximate surface area is 168 Å². The zero-order chi connectivity index (χ0) is 19.3. The van der Waals surface area contributed by atoms with Gasteiger partial charge in [0.05, 0.1) is 0 Å². The van der Waals surface area contributed by atoms with Gasteiger partial charge in [-0.3, -0.25) is 4.79 Å². The van der Waals surface area contributed by atoms with Crippen molar-refractivity contribution in [3.8, 4) is 0 Å². The SMILES string of the molecule is CC(=O)[C@H]1C[C@H](N2CCC(c3cnc(N4C5CCC4CN(C)C5)nc3)CC2)C1. The standard InChI is InChI=1S/C22H33N5O/c1-15(28)17-9-21(10-17)26-7-5-16(6-8-26)18-11-23-22(24-12-18)27-19-3-4-20(27)14-25(2)13-19/h11-12,16-17,19-21H,3-10,13-14H2,1-2H3/t17-,19?,20?,21-. The van der Waals surface area contributed by atoms with Crippen LogP contribution in [0.4, 0.5) is 5.95 Å². The molecule has 1 aromatic heterocycles. The van der Waals surface area contributed by atoms with Crippen LogP contribution in [0.5, 0.6) is 0 Å². The fourth-order valence-electron chi connectivity index (χ4n) is 5.93. The highest BCUT2D eigenvalue weighted by Crippen LogP contribution is 2.37. The van der Waals surface area contributed by atoms with Gasteiger partial charge in [-0.25, -0.2) is 9.97 Å². The van der Waals surface area contributed by atoms with Gasteiger partial charge < -0.3 is 14.7 Å². The third kappa shape index (κ3) is 3.35. The lowest BCUT2D eigenvalue weighted by Crippen LogP contribution is -2.53. The summed E-state index contributed by atoms with van der Waals surface area (Å²) in [4.78, 5) is 28.6. The van der Waals surface area contributed by atoms with Crippen LogP contribution in [-0.2, 0) is 4.79 Å². The Morgan fingerprint density at radius 3 is 2.14 bits per heavy atom. The zero-order valence-corrected chi connectivity index (χ0v) is 17.3. The molecular formula is C22H33N5O. The molecular weight excluding hydrogens is 350 g/mol. The summed E-state index contributed by atoms with van der Waals surface area (Å²) in [5.41, 5.74) is 1.31. The second-order valence-electron chi connectivity index (χ2n) is 9.57. The van der Waals surface area contributed by atoms with Crippen molar-refractivity contribution in [2.24, 2.45) is 5.92 Å². The molecule has 152 valence electrons. The fraction of sp³-hybridized carbons (Fsp3) is 0.773. The van der Waals surface area contributed by atoms with Gasteiger partial charge in [-0.1, -0.05) is 0 Å². The molecule has 5 rings (SSSR count). The van der Waals surface area contributed by atoms with Crippen molar-refractivity contribution in [1.82, 2.24) is 19.8 Å². The normalized spacial score (nSPS) is 34.4. The van der Waals surface area contributed by atoms with Crippen LogP contribution in [0.1, 0.15) is 56.9 Å². The van der Waals surface area contributed by atoms with Crippen molar-refractivity contribution in [3.05, 3.63) is 18.0 Å². The summed E-state index contributed by atoms with van der Waals surface area (Å²) >= 11 is 0. The second kappa shape index (κ2) is 7.38. The number of nitrogens with zero attached hydrogens (tertiary/aromatic N) is 5. The molecule has 0 amide bonds. The number of hydrogen-bond acceptors (Lipinski definition) is 6. The molecule has 6 nitrogen and oxygen atoms in total. The van der Waals surface area contributed by atoms with Gasteiger partial charge in [0.15, 0.2) is 0 Å². The van der Waals surface area contributed by atoms with Gasteiger partial charge in [0.2, 0.25) is 5.95 Å². The average Bonchev–Trinajstić information content (AvgIpc) is 2.92. The lowest BCUT2D eigenvalue weighted by molar-refractivity contribution is -0.125. The molecule has 4 aliphatic rings. The van der Waals surface area contributed by atoms with Gasteiger partial charge in [0, 0.05) is 49.5 Å². The van der Waals surface area contributed by atoms with E-state index in [1.54, 1.807) is 6.92 Å². The average molecular weight is 384 g/mol. The highest BCUT2D eigenvalue weighted by molar-refractivity contribution is 5.79. The molecule has 4 fully saturated rings. The van der Waals surface area contributed by atoms with Crippen molar-refractivity contribution in [1.29, 1.82) is 0 Å². The molecule has 1 aromatic rings. The van der Waals surface area contributed by atoms with Crippen molar-refractivity contribution in [2.75, 3.05) is 38.1 Å². The number of carbonyl (C=O) groups excluding carboxylic acids is 1. The number of rotatable bonds is 4. The third-order valence-corrected chi connectivity index (χ3v) is 7.76. The minimum absolute atomic E-state index is 0.327. The highest BCUT2D eigenvalue weighted by Gasteiger charge is 2.40. The van der Waals surface area contributed by atoms with Gasteiger partial charge in [0.1, 0.15) is 5.78 Å². The maximum Gasteiger partial charge on any atom is 0.225 e. The minimum Gasteiger partial charge on any atom is -0.332 e. The number of likely N-dealkylation sites (tertiary alicyclic amines) is 2. The number of likely N-dealkylation sites (N-methyl/N-ethyl adjacent to an activating group) is 1. The minimum atomic E-state index is 0.327. The van der Waals surface area contributed by atoms with Crippen LogP contribution in [0.25, 0.3) is 0 Å². The van der Waals surface area contributed by atoms with Crippen LogP contribution in [0.2, 0.25) is 0 Å². The Morgan fingerprint density at radius 1 is 0.964 bits per heavy atom. The van der Waals surface area contributed by atoms with E-state index in [1.165, 1.54) is 31.2 Å². The molecule has 3 aliphatic heterocycles. The monoisotopic (exact) mass is 383 g/mol. The number of ketones is 1. The highest BCUT2D eigenvalue weighted by atomic mass is 16.1.